The summed E-state index contributed by atoms with van der Waals surface area (Å²) in [6.07, 6.45) is 5.97. The Morgan fingerprint density at radius 1 is 1.39 bits per heavy atom. The van der Waals surface area contributed by atoms with Crippen LogP contribution in [0.25, 0.3) is 0 Å². The van der Waals surface area contributed by atoms with Crippen LogP contribution < -0.4 is 0 Å². The Hall–Kier alpha value is -0.160. The molecule has 0 aromatic heterocycles. The lowest BCUT2D eigenvalue weighted by Crippen LogP contribution is -2.36. The summed E-state index contributed by atoms with van der Waals surface area (Å²) in [5, 5.41) is 18.0. The van der Waals surface area contributed by atoms with E-state index in [1.807, 2.05) is 0 Å². The van der Waals surface area contributed by atoms with Crippen molar-refractivity contribution in [2.75, 3.05) is 26.4 Å². The number of rotatable bonds is 9. The topological polar surface area (TPSA) is 58.9 Å². The monoisotopic (exact) mass is 260 g/mol. The van der Waals surface area contributed by atoms with E-state index < -0.39 is 0 Å². The normalized spacial score (nSPS) is 26.2. The molecule has 2 N–H and O–H groups in total. The number of hydrogen-bond acceptors (Lipinski definition) is 4. The fourth-order valence-corrected chi connectivity index (χ4v) is 2.38. The first-order chi connectivity index (χ1) is 8.81. The van der Waals surface area contributed by atoms with Gasteiger partial charge in [0.05, 0.1) is 12.2 Å². The first kappa shape index (κ1) is 15.9. The summed E-state index contributed by atoms with van der Waals surface area (Å²) in [5.41, 5.74) is 0. The van der Waals surface area contributed by atoms with Gasteiger partial charge in [0.2, 0.25) is 0 Å². The molecule has 4 nitrogen and oxygen atoms in total. The second kappa shape index (κ2) is 9.73. The van der Waals surface area contributed by atoms with Crippen molar-refractivity contribution in [1.82, 2.24) is 0 Å². The molecule has 3 unspecified atom stereocenters. The third kappa shape index (κ3) is 5.65. The molecule has 1 aliphatic rings. The minimum atomic E-state index is 0.139. The summed E-state index contributed by atoms with van der Waals surface area (Å²) in [4.78, 5) is 0. The number of aliphatic hydroxyl groups is 2. The van der Waals surface area contributed by atoms with Crippen molar-refractivity contribution in [2.45, 2.75) is 57.7 Å². The first-order valence-corrected chi connectivity index (χ1v) is 7.26. The zero-order valence-corrected chi connectivity index (χ0v) is 11.5. The van der Waals surface area contributed by atoms with E-state index in [1.54, 1.807) is 0 Å². The molecule has 0 aliphatic carbocycles. The van der Waals surface area contributed by atoms with Gasteiger partial charge in [-0.25, -0.2) is 0 Å². The predicted molar refractivity (Wildman–Crippen MR) is 70.5 cm³/mol. The molecule has 18 heavy (non-hydrogen) atoms. The smallest absolute Gasteiger partial charge is 0.0837 e. The average molecular weight is 260 g/mol. The molecule has 0 aromatic rings. The van der Waals surface area contributed by atoms with Gasteiger partial charge in [0.15, 0.2) is 0 Å². The van der Waals surface area contributed by atoms with Gasteiger partial charge in [0.25, 0.3) is 0 Å². The Bertz CT molecular complexity index is 194. The molecule has 3 atom stereocenters. The van der Waals surface area contributed by atoms with Crippen molar-refractivity contribution >= 4 is 0 Å². The van der Waals surface area contributed by atoms with Gasteiger partial charge in [0, 0.05) is 26.4 Å². The van der Waals surface area contributed by atoms with Gasteiger partial charge < -0.3 is 19.7 Å². The zero-order valence-electron chi connectivity index (χ0n) is 11.5. The molecule has 0 aromatic carbocycles. The van der Waals surface area contributed by atoms with Crippen LogP contribution in [-0.2, 0) is 9.47 Å². The fourth-order valence-electron chi connectivity index (χ4n) is 2.38. The Balaban J connectivity index is 2.24. The van der Waals surface area contributed by atoms with E-state index in [0.717, 1.165) is 45.1 Å². The molecular weight excluding hydrogens is 232 g/mol. The first-order valence-electron chi connectivity index (χ1n) is 7.26. The van der Waals surface area contributed by atoms with Crippen LogP contribution in [-0.4, -0.2) is 48.8 Å². The molecule has 108 valence electrons. The van der Waals surface area contributed by atoms with Gasteiger partial charge in [-0.2, -0.15) is 0 Å². The highest BCUT2D eigenvalue weighted by atomic mass is 16.5. The molecule has 1 fully saturated rings. The number of aliphatic hydroxyl groups excluding tert-OH is 2. The van der Waals surface area contributed by atoms with Crippen molar-refractivity contribution in [1.29, 1.82) is 0 Å². The Labute approximate surface area is 110 Å². The lowest BCUT2D eigenvalue weighted by atomic mass is 10.0. The van der Waals surface area contributed by atoms with E-state index in [9.17, 15) is 0 Å². The van der Waals surface area contributed by atoms with Crippen molar-refractivity contribution in [2.24, 2.45) is 5.92 Å². The largest absolute Gasteiger partial charge is 0.396 e. The van der Waals surface area contributed by atoms with Crippen molar-refractivity contribution in [3.05, 3.63) is 0 Å². The summed E-state index contributed by atoms with van der Waals surface area (Å²) in [6.45, 7) is 4.06. The van der Waals surface area contributed by atoms with Crippen molar-refractivity contribution in [3.8, 4) is 0 Å². The highest BCUT2D eigenvalue weighted by Crippen LogP contribution is 2.21. The third-order valence-electron chi connectivity index (χ3n) is 3.72. The van der Waals surface area contributed by atoms with Crippen LogP contribution in [0.1, 0.15) is 45.4 Å². The predicted octanol–water partition coefficient (Wildman–Crippen LogP) is 1.73. The second-order valence-corrected chi connectivity index (χ2v) is 5.07. The lowest BCUT2D eigenvalue weighted by molar-refractivity contribution is -0.111. The summed E-state index contributed by atoms with van der Waals surface area (Å²) >= 11 is 0. The summed E-state index contributed by atoms with van der Waals surface area (Å²) in [6, 6.07) is 0. The molecule has 0 amide bonds. The minimum Gasteiger partial charge on any atom is -0.396 e. The molecule has 0 spiro atoms. The standard InChI is InChI=1S/C14H28O4/c1-2-12(11-16)7-10-18-14-6-4-9-17-13(14)5-3-8-15/h12-16H,2-11H2,1H3. The van der Waals surface area contributed by atoms with Crippen LogP contribution in [0.3, 0.4) is 0 Å². The van der Waals surface area contributed by atoms with E-state index in [-0.39, 0.29) is 25.4 Å². The Morgan fingerprint density at radius 3 is 2.89 bits per heavy atom. The highest BCUT2D eigenvalue weighted by molar-refractivity contribution is 4.75. The molecule has 1 heterocycles. The van der Waals surface area contributed by atoms with E-state index in [4.69, 9.17) is 19.7 Å². The molecule has 4 heteroatoms. The lowest BCUT2D eigenvalue weighted by Gasteiger charge is -2.32. The van der Waals surface area contributed by atoms with Crippen LogP contribution in [0.4, 0.5) is 0 Å². The molecule has 0 saturated carbocycles. The van der Waals surface area contributed by atoms with Gasteiger partial charge in [-0.15, -0.1) is 0 Å². The minimum absolute atomic E-state index is 0.139. The molecule has 0 bridgehead atoms. The van der Waals surface area contributed by atoms with E-state index in [1.165, 1.54) is 0 Å². The van der Waals surface area contributed by atoms with Crippen LogP contribution >= 0.6 is 0 Å². The zero-order chi connectivity index (χ0) is 13.2. The average Bonchev–Trinajstić information content (AvgIpc) is 2.42. The van der Waals surface area contributed by atoms with Gasteiger partial charge in [-0.05, 0) is 38.0 Å². The molecule has 1 saturated heterocycles. The van der Waals surface area contributed by atoms with E-state index in [0.29, 0.717) is 12.5 Å². The maximum Gasteiger partial charge on any atom is 0.0837 e. The van der Waals surface area contributed by atoms with Gasteiger partial charge in [-0.3, -0.25) is 0 Å². The van der Waals surface area contributed by atoms with Crippen molar-refractivity contribution < 1.29 is 19.7 Å². The van der Waals surface area contributed by atoms with Crippen LogP contribution in [0.2, 0.25) is 0 Å². The Kier molecular flexibility index (Phi) is 8.59. The summed E-state index contributed by atoms with van der Waals surface area (Å²) in [5.74, 6) is 0.352. The van der Waals surface area contributed by atoms with Crippen LogP contribution in [0, 0.1) is 5.92 Å². The number of hydrogen-bond donors (Lipinski definition) is 2. The maximum absolute atomic E-state index is 9.12. The highest BCUT2D eigenvalue weighted by Gasteiger charge is 2.26. The van der Waals surface area contributed by atoms with Gasteiger partial charge in [0.1, 0.15) is 0 Å². The Morgan fingerprint density at radius 2 is 2.22 bits per heavy atom. The molecule has 0 radical (unpaired) electrons. The fraction of sp³-hybridized carbons (Fsp3) is 1.00. The molecule has 1 rings (SSSR count). The SMILES string of the molecule is CCC(CO)CCOC1CCCOC1CCCO. The summed E-state index contributed by atoms with van der Waals surface area (Å²) < 4.78 is 11.6. The van der Waals surface area contributed by atoms with Crippen LogP contribution in [0.5, 0.6) is 0 Å². The quantitative estimate of drug-likeness (QED) is 0.663. The summed E-state index contributed by atoms with van der Waals surface area (Å²) in [7, 11) is 0. The van der Waals surface area contributed by atoms with Gasteiger partial charge >= 0.3 is 0 Å². The maximum atomic E-state index is 9.12. The van der Waals surface area contributed by atoms with Gasteiger partial charge in [-0.1, -0.05) is 13.3 Å². The second-order valence-electron chi connectivity index (χ2n) is 5.07. The van der Waals surface area contributed by atoms with E-state index in [2.05, 4.69) is 6.92 Å². The molecule has 1 aliphatic heterocycles. The van der Waals surface area contributed by atoms with Crippen LogP contribution in [0.15, 0.2) is 0 Å². The number of ether oxygens (including phenoxy) is 2. The third-order valence-corrected chi connectivity index (χ3v) is 3.72. The molecular formula is C14H28O4. The van der Waals surface area contributed by atoms with Crippen molar-refractivity contribution in [3.63, 3.8) is 0 Å². The van der Waals surface area contributed by atoms with E-state index >= 15 is 0 Å².